The summed E-state index contributed by atoms with van der Waals surface area (Å²) < 4.78 is 5.52. The summed E-state index contributed by atoms with van der Waals surface area (Å²) in [6, 6.07) is 10.3. The monoisotopic (exact) mass is 457 g/mol. The van der Waals surface area contributed by atoms with E-state index in [4.69, 9.17) is 16.3 Å². The Morgan fingerprint density at radius 3 is 2.62 bits per heavy atom. The maximum atomic E-state index is 12.7. The first-order chi connectivity index (χ1) is 15.5. The van der Waals surface area contributed by atoms with Gasteiger partial charge in [-0.15, -0.1) is 0 Å². The van der Waals surface area contributed by atoms with E-state index in [1.807, 2.05) is 6.92 Å². The van der Waals surface area contributed by atoms with Crippen molar-refractivity contribution in [1.29, 1.82) is 0 Å². The van der Waals surface area contributed by atoms with Crippen molar-refractivity contribution in [2.75, 3.05) is 25.0 Å². The molecular formula is C24H28ClN3O4. The molecule has 3 rings (SSSR count). The third kappa shape index (κ3) is 6.79. The predicted octanol–water partition coefficient (Wildman–Crippen LogP) is 4.36. The minimum atomic E-state index is -0.309. The van der Waals surface area contributed by atoms with Crippen LogP contribution in [0.15, 0.2) is 42.6 Å². The molecule has 1 atom stereocenters. The van der Waals surface area contributed by atoms with Gasteiger partial charge in [-0.25, -0.2) is 4.98 Å². The van der Waals surface area contributed by atoms with Crippen LogP contribution in [0, 0.1) is 5.92 Å². The van der Waals surface area contributed by atoms with E-state index in [0.29, 0.717) is 42.5 Å². The maximum Gasteiger partial charge on any atom is 0.230 e. The van der Waals surface area contributed by atoms with E-state index in [0.717, 1.165) is 18.6 Å². The Bertz CT molecular complexity index is 931. The Morgan fingerprint density at radius 2 is 1.94 bits per heavy atom. The van der Waals surface area contributed by atoms with Crippen molar-refractivity contribution in [2.24, 2.45) is 5.92 Å². The van der Waals surface area contributed by atoms with E-state index in [1.54, 1.807) is 41.3 Å². The van der Waals surface area contributed by atoms with Gasteiger partial charge in [-0.05, 0) is 55.7 Å². The second-order valence-corrected chi connectivity index (χ2v) is 8.26. The Hall–Kier alpha value is -2.93. The van der Waals surface area contributed by atoms with Crippen LogP contribution in [0.4, 0.5) is 5.82 Å². The van der Waals surface area contributed by atoms with E-state index in [1.165, 1.54) is 6.20 Å². The zero-order valence-corrected chi connectivity index (χ0v) is 18.9. The average molecular weight is 458 g/mol. The van der Waals surface area contributed by atoms with Crippen LogP contribution in [0.2, 0.25) is 5.02 Å². The molecule has 0 aliphatic carbocycles. The number of carbonyl (C=O) groups excluding carboxylic acids is 3. The summed E-state index contributed by atoms with van der Waals surface area (Å²) in [4.78, 5) is 43.5. The molecule has 1 saturated heterocycles. The van der Waals surface area contributed by atoms with Gasteiger partial charge in [0.2, 0.25) is 11.8 Å². The number of hydrogen-bond acceptors (Lipinski definition) is 5. The highest BCUT2D eigenvalue weighted by Crippen LogP contribution is 2.20. The fourth-order valence-electron chi connectivity index (χ4n) is 3.58. The molecule has 2 aromatic rings. The average Bonchev–Trinajstić information content (AvgIpc) is 2.82. The highest BCUT2D eigenvalue weighted by Gasteiger charge is 2.28. The Labute approximate surface area is 193 Å². The number of rotatable bonds is 9. The van der Waals surface area contributed by atoms with Crippen LogP contribution in [0.5, 0.6) is 5.75 Å². The number of ether oxygens (including phenoxy) is 1. The SMILES string of the molecule is CCCOc1ccc(C(=O)CCC(=O)N2CCCC(C(=O)Nc3ccc(Cl)cn3)C2)cc1. The van der Waals surface area contributed by atoms with Crippen LogP contribution >= 0.6 is 11.6 Å². The normalized spacial score (nSPS) is 15.8. The van der Waals surface area contributed by atoms with Gasteiger partial charge in [-0.2, -0.15) is 0 Å². The number of benzene rings is 1. The number of aromatic nitrogens is 1. The molecule has 0 bridgehead atoms. The van der Waals surface area contributed by atoms with Gasteiger partial charge in [0.15, 0.2) is 5.78 Å². The van der Waals surface area contributed by atoms with Gasteiger partial charge in [0.1, 0.15) is 11.6 Å². The maximum absolute atomic E-state index is 12.7. The third-order valence-corrected chi connectivity index (χ3v) is 5.56. The fraction of sp³-hybridized carbons (Fsp3) is 0.417. The fourth-order valence-corrected chi connectivity index (χ4v) is 3.69. The molecule has 1 N–H and O–H groups in total. The summed E-state index contributed by atoms with van der Waals surface area (Å²) >= 11 is 5.82. The van der Waals surface area contributed by atoms with E-state index in [-0.39, 0.29) is 36.4 Å². The Morgan fingerprint density at radius 1 is 1.16 bits per heavy atom. The lowest BCUT2D eigenvalue weighted by Gasteiger charge is -2.32. The second-order valence-electron chi connectivity index (χ2n) is 7.83. The number of nitrogens with zero attached hydrogens (tertiary/aromatic N) is 2. The van der Waals surface area contributed by atoms with E-state index in [2.05, 4.69) is 10.3 Å². The summed E-state index contributed by atoms with van der Waals surface area (Å²) in [6.45, 7) is 3.60. The number of pyridine rings is 1. The van der Waals surface area contributed by atoms with Crippen LogP contribution in [0.1, 0.15) is 49.4 Å². The zero-order valence-electron chi connectivity index (χ0n) is 18.2. The molecule has 32 heavy (non-hydrogen) atoms. The molecule has 0 saturated carbocycles. The van der Waals surface area contributed by atoms with Crippen LogP contribution in [-0.4, -0.2) is 47.2 Å². The number of halogens is 1. The van der Waals surface area contributed by atoms with Crippen LogP contribution < -0.4 is 10.1 Å². The number of ketones is 1. The number of amides is 2. The molecule has 7 nitrogen and oxygen atoms in total. The number of Topliss-reactive ketones (excluding diaryl/α,β-unsaturated/α-hetero) is 1. The first-order valence-electron chi connectivity index (χ1n) is 10.9. The molecule has 2 heterocycles. The van der Waals surface area contributed by atoms with Gasteiger partial charge in [0.25, 0.3) is 0 Å². The van der Waals surface area contributed by atoms with Crippen molar-refractivity contribution in [1.82, 2.24) is 9.88 Å². The standard InChI is InChI=1S/C24H28ClN3O4/c1-2-14-32-20-8-5-17(6-9-20)21(29)10-12-23(30)28-13-3-4-18(16-28)24(31)27-22-11-7-19(25)15-26-22/h5-9,11,15,18H,2-4,10,12-14,16H2,1H3,(H,26,27,31). The van der Waals surface area contributed by atoms with Crippen molar-refractivity contribution in [3.8, 4) is 5.75 Å². The van der Waals surface area contributed by atoms with E-state index in [9.17, 15) is 14.4 Å². The molecule has 1 aromatic carbocycles. The molecular weight excluding hydrogens is 430 g/mol. The molecule has 0 spiro atoms. The lowest BCUT2D eigenvalue weighted by atomic mass is 9.96. The Kier molecular flexibility index (Phi) is 8.62. The smallest absolute Gasteiger partial charge is 0.230 e. The number of anilines is 1. The summed E-state index contributed by atoms with van der Waals surface area (Å²) in [5.74, 6) is 0.490. The van der Waals surface area contributed by atoms with E-state index >= 15 is 0 Å². The van der Waals surface area contributed by atoms with Crippen molar-refractivity contribution in [3.05, 3.63) is 53.2 Å². The topological polar surface area (TPSA) is 88.6 Å². The Balaban J connectivity index is 1.47. The lowest BCUT2D eigenvalue weighted by molar-refractivity contribution is -0.134. The largest absolute Gasteiger partial charge is 0.494 e. The van der Waals surface area contributed by atoms with Crippen molar-refractivity contribution in [3.63, 3.8) is 0 Å². The van der Waals surface area contributed by atoms with Gasteiger partial charge in [-0.1, -0.05) is 18.5 Å². The van der Waals surface area contributed by atoms with Crippen LogP contribution in [-0.2, 0) is 9.59 Å². The number of nitrogens with one attached hydrogen (secondary N) is 1. The minimum absolute atomic E-state index is 0.0829. The van der Waals surface area contributed by atoms with Gasteiger partial charge in [0, 0.05) is 37.7 Å². The first kappa shape index (κ1) is 23.7. The van der Waals surface area contributed by atoms with Crippen molar-refractivity contribution >= 4 is 35.0 Å². The summed E-state index contributed by atoms with van der Waals surface area (Å²) in [5.41, 5.74) is 0.563. The highest BCUT2D eigenvalue weighted by molar-refractivity contribution is 6.30. The predicted molar refractivity (Wildman–Crippen MR) is 123 cm³/mol. The van der Waals surface area contributed by atoms with Crippen molar-refractivity contribution in [2.45, 2.75) is 39.0 Å². The highest BCUT2D eigenvalue weighted by atomic mass is 35.5. The molecule has 170 valence electrons. The number of piperidine rings is 1. The molecule has 1 unspecified atom stereocenters. The second kappa shape index (κ2) is 11.6. The summed E-state index contributed by atoms with van der Waals surface area (Å²) in [5, 5.41) is 3.27. The molecule has 1 fully saturated rings. The van der Waals surface area contributed by atoms with Gasteiger partial charge in [-0.3, -0.25) is 14.4 Å². The molecule has 0 radical (unpaired) electrons. The minimum Gasteiger partial charge on any atom is -0.494 e. The molecule has 1 aliphatic rings. The van der Waals surface area contributed by atoms with Crippen LogP contribution in [0.25, 0.3) is 0 Å². The molecule has 1 aromatic heterocycles. The molecule has 8 heteroatoms. The quantitative estimate of drug-likeness (QED) is 0.565. The summed E-state index contributed by atoms with van der Waals surface area (Å²) in [6.07, 6.45) is 4.09. The number of likely N-dealkylation sites (tertiary alicyclic amines) is 1. The van der Waals surface area contributed by atoms with Crippen LogP contribution in [0.3, 0.4) is 0 Å². The number of carbonyl (C=O) groups is 3. The van der Waals surface area contributed by atoms with Crippen molar-refractivity contribution < 1.29 is 19.1 Å². The lowest BCUT2D eigenvalue weighted by Crippen LogP contribution is -2.43. The third-order valence-electron chi connectivity index (χ3n) is 5.34. The molecule has 1 aliphatic heterocycles. The van der Waals surface area contributed by atoms with Gasteiger partial charge >= 0.3 is 0 Å². The zero-order chi connectivity index (χ0) is 22.9. The first-order valence-corrected chi connectivity index (χ1v) is 11.3. The van der Waals surface area contributed by atoms with Gasteiger partial charge in [0.05, 0.1) is 17.5 Å². The number of hydrogen-bond donors (Lipinski definition) is 1. The van der Waals surface area contributed by atoms with E-state index < -0.39 is 0 Å². The van der Waals surface area contributed by atoms with Gasteiger partial charge < -0.3 is 15.0 Å². The molecule has 2 amide bonds. The summed E-state index contributed by atoms with van der Waals surface area (Å²) in [7, 11) is 0.